The average molecular weight is 352 g/mol. The molecular weight excluding hydrogens is 332 g/mol. The highest BCUT2D eigenvalue weighted by atomic mass is 16.5. The maximum atomic E-state index is 12.0. The van der Waals surface area contributed by atoms with Gasteiger partial charge in [0, 0.05) is 0 Å². The third-order valence-electron chi connectivity index (χ3n) is 4.04. The Hall–Kier alpha value is -3.08. The van der Waals surface area contributed by atoms with Crippen LogP contribution in [-0.4, -0.2) is 19.5 Å². The van der Waals surface area contributed by atoms with Gasteiger partial charge in [0.25, 0.3) is 0 Å². The van der Waals surface area contributed by atoms with Crippen molar-refractivity contribution < 1.29 is 18.7 Å². The largest absolute Gasteiger partial charge is 0.494 e. The molecule has 0 amide bonds. The van der Waals surface area contributed by atoms with E-state index >= 15 is 0 Å². The summed E-state index contributed by atoms with van der Waals surface area (Å²) in [5.41, 5.74) is 1.63. The van der Waals surface area contributed by atoms with Crippen LogP contribution < -0.4 is 15.1 Å². The van der Waals surface area contributed by atoms with E-state index in [2.05, 4.69) is 0 Å². The van der Waals surface area contributed by atoms with Gasteiger partial charge in [-0.05, 0) is 49.6 Å². The standard InChI is InChI=1S/C21H20O5/c1-3-24-16-10-8-14(9-11-16)12-15-6-5-7-18-19(15)20(25-4-2)17(13-22)21(23)26-18/h5-11,13H,3-4,12H2,1-2H3. The molecule has 0 spiro atoms. The summed E-state index contributed by atoms with van der Waals surface area (Å²) in [5, 5.41) is 0.657. The summed E-state index contributed by atoms with van der Waals surface area (Å²) in [6.45, 7) is 4.71. The fourth-order valence-corrected chi connectivity index (χ4v) is 2.93. The number of hydrogen-bond acceptors (Lipinski definition) is 5. The SMILES string of the molecule is CCOc1ccc(Cc2cccc3oc(=O)c(C=O)c(OCC)c23)cc1. The Morgan fingerprint density at radius 3 is 2.38 bits per heavy atom. The van der Waals surface area contributed by atoms with Crippen LogP contribution in [0.25, 0.3) is 11.0 Å². The maximum Gasteiger partial charge on any atom is 0.350 e. The monoisotopic (exact) mass is 352 g/mol. The van der Waals surface area contributed by atoms with Crippen molar-refractivity contribution in [2.45, 2.75) is 20.3 Å². The molecule has 2 aromatic carbocycles. The molecule has 0 aliphatic heterocycles. The molecular formula is C21H20O5. The quantitative estimate of drug-likeness (QED) is 0.475. The molecule has 0 saturated carbocycles. The lowest BCUT2D eigenvalue weighted by atomic mass is 9.99. The molecule has 0 N–H and O–H groups in total. The number of carbonyl (C=O) groups is 1. The number of fused-ring (bicyclic) bond motifs is 1. The van der Waals surface area contributed by atoms with Crippen molar-refractivity contribution in [1.29, 1.82) is 0 Å². The van der Waals surface area contributed by atoms with E-state index in [0.29, 0.717) is 36.9 Å². The minimum Gasteiger partial charge on any atom is -0.494 e. The van der Waals surface area contributed by atoms with Gasteiger partial charge in [0.1, 0.15) is 22.6 Å². The van der Waals surface area contributed by atoms with Crippen molar-refractivity contribution in [3.05, 3.63) is 69.6 Å². The van der Waals surface area contributed by atoms with E-state index in [1.165, 1.54) is 0 Å². The van der Waals surface area contributed by atoms with Crippen LogP contribution in [0.3, 0.4) is 0 Å². The van der Waals surface area contributed by atoms with Crippen LogP contribution >= 0.6 is 0 Å². The highest BCUT2D eigenvalue weighted by Crippen LogP contribution is 2.31. The lowest BCUT2D eigenvalue weighted by Gasteiger charge is -2.13. The van der Waals surface area contributed by atoms with Gasteiger partial charge in [-0.2, -0.15) is 0 Å². The van der Waals surface area contributed by atoms with Gasteiger partial charge in [-0.1, -0.05) is 24.3 Å². The smallest absolute Gasteiger partial charge is 0.350 e. The predicted molar refractivity (Wildman–Crippen MR) is 99.5 cm³/mol. The Morgan fingerprint density at radius 2 is 1.73 bits per heavy atom. The van der Waals surface area contributed by atoms with Crippen molar-refractivity contribution in [3.63, 3.8) is 0 Å². The second-order valence-corrected chi connectivity index (χ2v) is 5.73. The molecule has 5 nitrogen and oxygen atoms in total. The van der Waals surface area contributed by atoms with Crippen LogP contribution in [0.1, 0.15) is 35.3 Å². The molecule has 0 radical (unpaired) electrons. The van der Waals surface area contributed by atoms with Crippen molar-refractivity contribution in [2.75, 3.05) is 13.2 Å². The Balaban J connectivity index is 2.10. The second-order valence-electron chi connectivity index (χ2n) is 5.73. The Labute approximate surface area is 151 Å². The zero-order chi connectivity index (χ0) is 18.5. The van der Waals surface area contributed by atoms with Crippen molar-refractivity contribution in [1.82, 2.24) is 0 Å². The van der Waals surface area contributed by atoms with Gasteiger partial charge >= 0.3 is 5.63 Å². The molecule has 3 rings (SSSR count). The first-order valence-corrected chi connectivity index (χ1v) is 8.56. The lowest BCUT2D eigenvalue weighted by Crippen LogP contribution is -2.11. The molecule has 0 aliphatic carbocycles. The lowest BCUT2D eigenvalue weighted by molar-refractivity contribution is 0.111. The number of benzene rings is 2. The van der Waals surface area contributed by atoms with Crippen LogP contribution in [-0.2, 0) is 6.42 Å². The molecule has 0 aliphatic rings. The van der Waals surface area contributed by atoms with E-state index in [-0.39, 0.29) is 11.3 Å². The van der Waals surface area contributed by atoms with Crippen LogP contribution in [0.2, 0.25) is 0 Å². The number of carbonyl (C=O) groups excluding carboxylic acids is 1. The van der Waals surface area contributed by atoms with Crippen LogP contribution in [0.5, 0.6) is 11.5 Å². The summed E-state index contributed by atoms with van der Waals surface area (Å²) < 4.78 is 16.4. The highest BCUT2D eigenvalue weighted by molar-refractivity contribution is 5.94. The molecule has 3 aromatic rings. The summed E-state index contributed by atoms with van der Waals surface area (Å²) in [6, 6.07) is 13.3. The third kappa shape index (κ3) is 3.47. The maximum absolute atomic E-state index is 12.0. The highest BCUT2D eigenvalue weighted by Gasteiger charge is 2.18. The Bertz CT molecular complexity index is 970. The summed E-state index contributed by atoms with van der Waals surface area (Å²) in [4.78, 5) is 23.4. The van der Waals surface area contributed by atoms with E-state index in [1.807, 2.05) is 50.2 Å². The van der Waals surface area contributed by atoms with E-state index in [1.54, 1.807) is 6.07 Å². The first kappa shape index (κ1) is 17.7. The molecule has 1 aromatic heterocycles. The van der Waals surface area contributed by atoms with Gasteiger partial charge in [0.15, 0.2) is 6.29 Å². The van der Waals surface area contributed by atoms with E-state index < -0.39 is 5.63 Å². The molecule has 0 fully saturated rings. The molecule has 1 heterocycles. The molecule has 0 atom stereocenters. The van der Waals surface area contributed by atoms with Gasteiger partial charge in [0.05, 0.1) is 18.6 Å². The van der Waals surface area contributed by atoms with Crippen molar-refractivity contribution in [2.24, 2.45) is 0 Å². The fourth-order valence-electron chi connectivity index (χ4n) is 2.93. The fraction of sp³-hybridized carbons (Fsp3) is 0.238. The number of rotatable bonds is 7. The van der Waals surface area contributed by atoms with Gasteiger partial charge in [-0.15, -0.1) is 0 Å². The topological polar surface area (TPSA) is 65.7 Å². The first-order chi connectivity index (χ1) is 12.7. The average Bonchev–Trinajstić information content (AvgIpc) is 2.64. The number of aldehydes is 1. The van der Waals surface area contributed by atoms with Gasteiger partial charge in [-0.3, -0.25) is 4.79 Å². The molecule has 5 heteroatoms. The third-order valence-corrected chi connectivity index (χ3v) is 4.04. The summed E-state index contributed by atoms with van der Waals surface area (Å²) in [5.74, 6) is 1.11. The Morgan fingerprint density at radius 1 is 1.00 bits per heavy atom. The molecule has 134 valence electrons. The molecule has 0 saturated heterocycles. The van der Waals surface area contributed by atoms with E-state index in [4.69, 9.17) is 13.9 Å². The number of hydrogen-bond donors (Lipinski definition) is 0. The summed E-state index contributed by atoms with van der Waals surface area (Å²) in [7, 11) is 0. The van der Waals surface area contributed by atoms with Crippen LogP contribution in [0.4, 0.5) is 0 Å². The zero-order valence-corrected chi connectivity index (χ0v) is 14.8. The minimum absolute atomic E-state index is 0.0847. The van der Waals surface area contributed by atoms with Crippen LogP contribution in [0.15, 0.2) is 51.7 Å². The summed E-state index contributed by atoms with van der Waals surface area (Å²) >= 11 is 0. The normalized spacial score (nSPS) is 10.7. The second kappa shape index (κ2) is 7.87. The van der Waals surface area contributed by atoms with Crippen molar-refractivity contribution in [3.8, 4) is 11.5 Å². The van der Waals surface area contributed by atoms with Crippen molar-refractivity contribution >= 4 is 17.3 Å². The summed E-state index contributed by atoms with van der Waals surface area (Å²) in [6.07, 6.45) is 1.10. The predicted octanol–water partition coefficient (Wildman–Crippen LogP) is 3.99. The Kier molecular flexibility index (Phi) is 5.37. The molecule has 0 bridgehead atoms. The molecule has 0 unspecified atom stereocenters. The minimum atomic E-state index is -0.686. The van der Waals surface area contributed by atoms with E-state index in [0.717, 1.165) is 16.9 Å². The zero-order valence-electron chi connectivity index (χ0n) is 14.8. The number of ether oxygens (including phenoxy) is 2. The van der Waals surface area contributed by atoms with Gasteiger partial charge < -0.3 is 13.9 Å². The van der Waals surface area contributed by atoms with Gasteiger partial charge in [-0.25, -0.2) is 4.79 Å². The van der Waals surface area contributed by atoms with Gasteiger partial charge in [0.2, 0.25) is 0 Å². The van der Waals surface area contributed by atoms with Crippen LogP contribution in [0, 0.1) is 0 Å². The van der Waals surface area contributed by atoms with E-state index in [9.17, 15) is 9.59 Å². The molecule has 26 heavy (non-hydrogen) atoms. The first-order valence-electron chi connectivity index (χ1n) is 8.56.